The van der Waals surface area contributed by atoms with Crippen LogP contribution in [0.25, 0.3) is 0 Å². The molecule has 4 unspecified atom stereocenters. The van der Waals surface area contributed by atoms with Gasteiger partial charge in [0, 0.05) is 18.6 Å². The van der Waals surface area contributed by atoms with Crippen molar-refractivity contribution < 1.29 is 19.4 Å². The first-order chi connectivity index (χ1) is 10.1. The summed E-state index contributed by atoms with van der Waals surface area (Å²) in [6.45, 7) is 0. The van der Waals surface area contributed by atoms with E-state index in [9.17, 15) is 14.7 Å². The maximum Gasteiger partial charge on any atom is 0.174 e. The van der Waals surface area contributed by atoms with Crippen LogP contribution in [-0.2, 0) is 4.74 Å². The number of rotatable bonds is 1. The molecular formula is C17H16O4. The molecule has 1 aromatic carbocycles. The van der Waals surface area contributed by atoms with Gasteiger partial charge in [-0.2, -0.15) is 0 Å². The zero-order valence-corrected chi connectivity index (χ0v) is 11.7. The summed E-state index contributed by atoms with van der Waals surface area (Å²) in [6.07, 6.45) is 5.57. The molecule has 0 spiro atoms. The van der Waals surface area contributed by atoms with Crippen molar-refractivity contribution in [2.75, 3.05) is 7.11 Å². The Morgan fingerprint density at radius 1 is 1.29 bits per heavy atom. The fourth-order valence-electron chi connectivity index (χ4n) is 4.34. The molecule has 1 fully saturated rings. The minimum atomic E-state index is -0.702. The molecule has 4 aliphatic rings. The van der Waals surface area contributed by atoms with Crippen LogP contribution in [0.15, 0.2) is 30.4 Å². The molecule has 21 heavy (non-hydrogen) atoms. The van der Waals surface area contributed by atoms with Gasteiger partial charge in [0.25, 0.3) is 0 Å². The Balaban J connectivity index is 1.96. The number of carbonyl (C=O) groups is 2. The number of hydrogen-bond acceptors (Lipinski definition) is 4. The van der Waals surface area contributed by atoms with Crippen LogP contribution in [-0.4, -0.2) is 29.4 Å². The van der Waals surface area contributed by atoms with E-state index in [1.54, 1.807) is 19.2 Å². The lowest BCUT2D eigenvalue weighted by atomic mass is 9.53. The summed E-state index contributed by atoms with van der Waals surface area (Å²) in [6, 6.07) is 4.71. The number of allylic oxidation sites excluding steroid dienone is 1. The van der Waals surface area contributed by atoms with Crippen LogP contribution < -0.4 is 0 Å². The Kier molecular flexibility index (Phi) is 2.46. The van der Waals surface area contributed by atoms with Gasteiger partial charge < -0.3 is 9.84 Å². The minimum absolute atomic E-state index is 0.0408. The van der Waals surface area contributed by atoms with Gasteiger partial charge in [0.1, 0.15) is 5.75 Å². The average molecular weight is 284 g/mol. The van der Waals surface area contributed by atoms with E-state index in [-0.39, 0.29) is 34.7 Å². The maximum absolute atomic E-state index is 12.9. The molecule has 1 saturated carbocycles. The van der Waals surface area contributed by atoms with Crippen LogP contribution in [0.1, 0.15) is 33.6 Å². The van der Waals surface area contributed by atoms with Crippen LogP contribution in [0.3, 0.4) is 0 Å². The molecule has 1 N–H and O–H groups in total. The Labute approximate surface area is 122 Å². The Morgan fingerprint density at radius 3 is 2.76 bits per heavy atom. The second-order valence-electron chi connectivity index (χ2n) is 6.15. The van der Waals surface area contributed by atoms with Crippen LogP contribution in [0, 0.1) is 17.8 Å². The number of ketones is 2. The molecular weight excluding hydrogens is 268 g/mol. The number of ether oxygens (including phenoxy) is 1. The van der Waals surface area contributed by atoms with Crippen molar-refractivity contribution in [1.29, 1.82) is 0 Å². The Bertz CT molecular complexity index is 690. The summed E-state index contributed by atoms with van der Waals surface area (Å²) in [7, 11) is 1.59. The molecule has 0 saturated heterocycles. The molecule has 0 aliphatic heterocycles. The highest BCUT2D eigenvalue weighted by Gasteiger charge is 2.59. The van der Waals surface area contributed by atoms with E-state index in [0.29, 0.717) is 5.56 Å². The third-order valence-corrected chi connectivity index (χ3v) is 5.36. The lowest BCUT2D eigenvalue weighted by molar-refractivity contribution is -0.0692. The standard InChI is InChI=1S/C17H16O4/c1-21-17-7-5-9(6-8-17)12-14(17)16(20)13-10(15(12)19)3-2-4-11(13)18/h2-5,7,9,12,14,18H,6,8H2,1H3. The van der Waals surface area contributed by atoms with E-state index in [0.717, 1.165) is 12.8 Å². The van der Waals surface area contributed by atoms with Crippen molar-refractivity contribution in [2.45, 2.75) is 18.4 Å². The molecule has 4 aliphatic carbocycles. The van der Waals surface area contributed by atoms with Crippen molar-refractivity contribution in [1.82, 2.24) is 0 Å². The van der Waals surface area contributed by atoms with E-state index < -0.39 is 11.5 Å². The van der Waals surface area contributed by atoms with Crippen molar-refractivity contribution in [3.8, 4) is 5.75 Å². The molecule has 0 heterocycles. The van der Waals surface area contributed by atoms with Gasteiger partial charge in [-0.1, -0.05) is 24.3 Å². The number of phenolic OH excluding ortho intramolecular Hbond substituents is 1. The zero-order chi connectivity index (χ0) is 14.8. The predicted octanol–water partition coefficient (Wildman–Crippen LogP) is 2.37. The van der Waals surface area contributed by atoms with Crippen LogP contribution in [0.2, 0.25) is 0 Å². The fourth-order valence-corrected chi connectivity index (χ4v) is 4.34. The van der Waals surface area contributed by atoms with Gasteiger partial charge in [0.2, 0.25) is 0 Å². The topological polar surface area (TPSA) is 63.6 Å². The van der Waals surface area contributed by atoms with Crippen molar-refractivity contribution in [3.63, 3.8) is 0 Å². The monoisotopic (exact) mass is 284 g/mol. The highest BCUT2D eigenvalue weighted by molar-refractivity contribution is 6.18. The Morgan fingerprint density at radius 2 is 2.10 bits per heavy atom. The summed E-state index contributed by atoms with van der Waals surface area (Å²) in [4.78, 5) is 25.8. The number of carbonyl (C=O) groups excluding carboxylic acids is 2. The lowest BCUT2D eigenvalue weighted by Crippen LogP contribution is -2.58. The number of benzene rings is 1. The van der Waals surface area contributed by atoms with Crippen molar-refractivity contribution in [2.24, 2.45) is 17.8 Å². The quantitative estimate of drug-likeness (QED) is 0.804. The molecule has 4 heteroatoms. The van der Waals surface area contributed by atoms with Crippen molar-refractivity contribution in [3.05, 3.63) is 41.5 Å². The normalized spacial score (nSPS) is 36.5. The fraction of sp³-hybridized carbons (Fsp3) is 0.412. The molecule has 4 atom stereocenters. The van der Waals surface area contributed by atoms with Crippen LogP contribution in [0.4, 0.5) is 0 Å². The third-order valence-electron chi connectivity index (χ3n) is 5.36. The van der Waals surface area contributed by atoms with Crippen molar-refractivity contribution >= 4 is 11.6 Å². The summed E-state index contributed by atoms with van der Waals surface area (Å²) in [5, 5.41) is 10.0. The molecule has 1 aromatic rings. The highest BCUT2D eigenvalue weighted by Crippen LogP contribution is 2.54. The zero-order valence-electron chi connectivity index (χ0n) is 11.7. The summed E-state index contributed by atoms with van der Waals surface area (Å²) in [5.41, 5.74) is -0.179. The smallest absolute Gasteiger partial charge is 0.174 e. The average Bonchev–Trinajstić information content (AvgIpc) is 2.52. The first-order valence-corrected chi connectivity index (χ1v) is 7.24. The van der Waals surface area contributed by atoms with Gasteiger partial charge in [-0.3, -0.25) is 9.59 Å². The number of Topliss-reactive ketones (excluding diaryl/α,β-unsaturated/α-hetero) is 2. The number of aromatic hydroxyl groups is 1. The van der Waals surface area contributed by atoms with Gasteiger partial charge in [0.05, 0.1) is 17.1 Å². The number of hydrogen-bond donors (Lipinski definition) is 1. The van der Waals surface area contributed by atoms with E-state index in [1.165, 1.54) is 6.07 Å². The van der Waals surface area contributed by atoms with E-state index >= 15 is 0 Å². The number of phenols is 1. The summed E-state index contributed by atoms with van der Waals surface area (Å²) in [5.74, 6) is -1.09. The molecule has 0 amide bonds. The SMILES string of the molecule is COC12C=CC(CC1)C1C(=O)c3cccc(O)c3C(=O)C12. The highest BCUT2D eigenvalue weighted by atomic mass is 16.5. The second-order valence-corrected chi connectivity index (χ2v) is 6.15. The molecule has 2 bridgehead atoms. The van der Waals surface area contributed by atoms with E-state index in [1.807, 2.05) is 12.2 Å². The lowest BCUT2D eigenvalue weighted by Gasteiger charge is -2.52. The number of fused-ring (bicyclic) bond motifs is 2. The molecule has 0 radical (unpaired) electrons. The van der Waals surface area contributed by atoms with Crippen LogP contribution in [0.5, 0.6) is 5.75 Å². The van der Waals surface area contributed by atoms with Crippen LogP contribution >= 0.6 is 0 Å². The molecule has 0 aromatic heterocycles. The van der Waals surface area contributed by atoms with Gasteiger partial charge in [-0.05, 0) is 24.8 Å². The number of methoxy groups -OCH3 is 1. The first-order valence-electron chi connectivity index (χ1n) is 7.24. The van der Waals surface area contributed by atoms with Gasteiger partial charge in [-0.25, -0.2) is 0 Å². The maximum atomic E-state index is 12.9. The summed E-state index contributed by atoms with van der Waals surface area (Å²) < 4.78 is 5.67. The third kappa shape index (κ3) is 1.43. The first kappa shape index (κ1) is 12.8. The van der Waals surface area contributed by atoms with Gasteiger partial charge in [-0.15, -0.1) is 0 Å². The molecule has 5 rings (SSSR count). The summed E-state index contributed by atoms with van der Waals surface area (Å²) >= 11 is 0. The molecule has 4 nitrogen and oxygen atoms in total. The largest absolute Gasteiger partial charge is 0.507 e. The van der Waals surface area contributed by atoms with Gasteiger partial charge in [0.15, 0.2) is 11.6 Å². The predicted molar refractivity (Wildman–Crippen MR) is 75.4 cm³/mol. The minimum Gasteiger partial charge on any atom is -0.507 e. The second kappa shape index (κ2) is 4.04. The van der Waals surface area contributed by atoms with E-state index in [2.05, 4.69) is 0 Å². The molecule has 108 valence electrons. The van der Waals surface area contributed by atoms with Gasteiger partial charge >= 0.3 is 0 Å². The van der Waals surface area contributed by atoms with E-state index in [4.69, 9.17) is 4.74 Å². The Hall–Kier alpha value is -1.94.